The predicted octanol–water partition coefficient (Wildman–Crippen LogP) is 0.248. The van der Waals surface area contributed by atoms with Crippen molar-refractivity contribution in [1.82, 2.24) is 30.0 Å². The molecule has 3 heterocycles. The third-order valence-corrected chi connectivity index (χ3v) is 4.93. The number of ether oxygens (including phenoxy) is 1. The number of thioether (sulfide) groups is 1. The standard InChI is InChI=1S/C14H21N7O2S/c1-9-6-11(19-20(9)2)13-17-18-14(24-8-12(22)16-15)21(13)7-10-4-3-5-23-10/h6,10H,3-5,7-8,15H2,1-2H3,(H,16,22). The van der Waals surface area contributed by atoms with E-state index >= 15 is 0 Å². The molecular formula is C14H21N7O2S. The van der Waals surface area contributed by atoms with Crippen molar-refractivity contribution in [3.05, 3.63) is 11.8 Å². The number of aryl methyl sites for hydroxylation is 2. The average molecular weight is 351 g/mol. The van der Waals surface area contributed by atoms with E-state index in [4.69, 9.17) is 10.6 Å². The smallest absolute Gasteiger partial charge is 0.244 e. The van der Waals surface area contributed by atoms with Gasteiger partial charge in [-0.15, -0.1) is 10.2 Å². The molecule has 0 bridgehead atoms. The van der Waals surface area contributed by atoms with Gasteiger partial charge in [-0.05, 0) is 25.8 Å². The lowest BCUT2D eigenvalue weighted by Crippen LogP contribution is -2.31. The lowest BCUT2D eigenvalue weighted by molar-refractivity contribution is -0.118. The van der Waals surface area contributed by atoms with Gasteiger partial charge in [-0.25, -0.2) is 5.84 Å². The molecule has 1 amide bonds. The Morgan fingerprint density at radius 1 is 1.54 bits per heavy atom. The summed E-state index contributed by atoms with van der Waals surface area (Å²) in [5.74, 6) is 5.74. The lowest BCUT2D eigenvalue weighted by Gasteiger charge is -2.13. The zero-order valence-corrected chi connectivity index (χ0v) is 14.5. The zero-order valence-electron chi connectivity index (χ0n) is 13.7. The van der Waals surface area contributed by atoms with Crippen LogP contribution in [-0.2, 0) is 23.1 Å². The Morgan fingerprint density at radius 3 is 3.00 bits per heavy atom. The Labute approximate surface area is 143 Å². The van der Waals surface area contributed by atoms with Crippen molar-refractivity contribution >= 4 is 17.7 Å². The summed E-state index contributed by atoms with van der Waals surface area (Å²) < 4.78 is 9.52. The number of aromatic nitrogens is 5. The summed E-state index contributed by atoms with van der Waals surface area (Å²) in [6.07, 6.45) is 2.20. The Balaban J connectivity index is 1.89. The summed E-state index contributed by atoms with van der Waals surface area (Å²) in [5, 5.41) is 13.7. The Bertz CT molecular complexity index is 701. The molecule has 24 heavy (non-hydrogen) atoms. The Hall–Kier alpha value is -1.91. The van der Waals surface area contributed by atoms with E-state index in [1.54, 1.807) is 4.68 Å². The molecule has 0 aliphatic carbocycles. The van der Waals surface area contributed by atoms with Crippen LogP contribution in [0.3, 0.4) is 0 Å². The molecule has 2 aromatic rings. The molecule has 1 aliphatic heterocycles. The van der Waals surface area contributed by atoms with E-state index in [2.05, 4.69) is 20.7 Å². The minimum atomic E-state index is -0.262. The normalized spacial score (nSPS) is 17.4. The van der Waals surface area contributed by atoms with Crippen molar-refractivity contribution in [1.29, 1.82) is 0 Å². The monoisotopic (exact) mass is 351 g/mol. The number of amides is 1. The first-order valence-corrected chi connectivity index (χ1v) is 8.75. The Kier molecular flexibility index (Phi) is 5.17. The quantitative estimate of drug-likeness (QED) is 0.332. The zero-order chi connectivity index (χ0) is 17.1. The van der Waals surface area contributed by atoms with Crippen LogP contribution < -0.4 is 11.3 Å². The van der Waals surface area contributed by atoms with E-state index in [-0.39, 0.29) is 17.8 Å². The summed E-state index contributed by atoms with van der Waals surface area (Å²) in [6, 6.07) is 1.97. The van der Waals surface area contributed by atoms with Crippen molar-refractivity contribution in [3.8, 4) is 11.5 Å². The first-order valence-electron chi connectivity index (χ1n) is 7.76. The highest BCUT2D eigenvalue weighted by Crippen LogP contribution is 2.26. The summed E-state index contributed by atoms with van der Waals surface area (Å²) >= 11 is 1.30. The van der Waals surface area contributed by atoms with Crippen molar-refractivity contribution in [2.45, 2.75) is 37.6 Å². The van der Waals surface area contributed by atoms with E-state index in [0.29, 0.717) is 17.5 Å². The second kappa shape index (κ2) is 7.32. The topological polar surface area (TPSA) is 113 Å². The Morgan fingerprint density at radius 2 is 2.38 bits per heavy atom. The van der Waals surface area contributed by atoms with Gasteiger partial charge >= 0.3 is 0 Å². The predicted molar refractivity (Wildman–Crippen MR) is 89.0 cm³/mol. The van der Waals surface area contributed by atoms with E-state index in [1.165, 1.54) is 11.8 Å². The second-order valence-corrected chi connectivity index (χ2v) is 6.65. The number of nitrogens with zero attached hydrogens (tertiary/aromatic N) is 5. The summed E-state index contributed by atoms with van der Waals surface area (Å²) in [7, 11) is 1.89. The highest BCUT2D eigenvalue weighted by molar-refractivity contribution is 7.99. The van der Waals surface area contributed by atoms with Crippen LogP contribution in [0, 0.1) is 6.92 Å². The van der Waals surface area contributed by atoms with E-state index < -0.39 is 0 Å². The van der Waals surface area contributed by atoms with E-state index in [1.807, 2.05) is 24.6 Å². The largest absolute Gasteiger partial charge is 0.376 e. The number of nitrogens with two attached hydrogens (primary N) is 1. The number of rotatable bonds is 6. The maximum absolute atomic E-state index is 11.4. The minimum absolute atomic E-state index is 0.132. The van der Waals surface area contributed by atoms with Crippen LogP contribution in [0.2, 0.25) is 0 Å². The SMILES string of the molecule is Cc1cc(-c2nnc(SCC(=O)NN)n2CC2CCCO2)nn1C. The first kappa shape index (κ1) is 16.9. The molecule has 9 nitrogen and oxygen atoms in total. The molecule has 0 spiro atoms. The number of hydrogen-bond donors (Lipinski definition) is 2. The van der Waals surface area contributed by atoms with Crippen LogP contribution in [0.4, 0.5) is 0 Å². The van der Waals surface area contributed by atoms with Gasteiger partial charge < -0.3 is 4.74 Å². The molecule has 10 heteroatoms. The van der Waals surface area contributed by atoms with Gasteiger partial charge in [-0.2, -0.15) is 5.10 Å². The van der Waals surface area contributed by atoms with Gasteiger partial charge in [0.15, 0.2) is 11.0 Å². The van der Waals surface area contributed by atoms with Gasteiger partial charge in [-0.3, -0.25) is 19.5 Å². The number of carbonyl (C=O) groups is 1. The van der Waals surface area contributed by atoms with Crippen LogP contribution in [0.15, 0.2) is 11.2 Å². The highest BCUT2D eigenvalue weighted by atomic mass is 32.2. The maximum atomic E-state index is 11.4. The van der Waals surface area contributed by atoms with Crippen molar-refractivity contribution in [3.63, 3.8) is 0 Å². The van der Waals surface area contributed by atoms with Crippen LogP contribution in [-0.4, -0.2) is 48.9 Å². The molecule has 1 unspecified atom stereocenters. The fourth-order valence-electron chi connectivity index (χ4n) is 2.58. The fourth-order valence-corrected chi connectivity index (χ4v) is 3.34. The summed E-state index contributed by atoms with van der Waals surface area (Å²) in [5.41, 5.74) is 3.91. The van der Waals surface area contributed by atoms with Gasteiger partial charge in [0.1, 0.15) is 5.69 Å². The minimum Gasteiger partial charge on any atom is -0.376 e. The molecule has 1 fully saturated rings. The number of nitrogens with one attached hydrogen (secondary N) is 1. The summed E-state index contributed by atoms with van der Waals surface area (Å²) in [6.45, 7) is 3.41. The van der Waals surface area contributed by atoms with E-state index in [0.717, 1.165) is 30.8 Å². The molecule has 130 valence electrons. The third-order valence-electron chi connectivity index (χ3n) is 3.96. The number of hydrazine groups is 1. The molecule has 0 radical (unpaired) electrons. The van der Waals surface area contributed by atoms with Gasteiger partial charge in [-0.1, -0.05) is 11.8 Å². The maximum Gasteiger partial charge on any atom is 0.244 e. The van der Waals surface area contributed by atoms with Gasteiger partial charge in [0.25, 0.3) is 0 Å². The molecule has 2 aromatic heterocycles. The van der Waals surface area contributed by atoms with Gasteiger partial charge in [0, 0.05) is 19.3 Å². The van der Waals surface area contributed by atoms with Crippen molar-refractivity contribution < 1.29 is 9.53 Å². The molecule has 1 atom stereocenters. The number of hydrogen-bond acceptors (Lipinski definition) is 7. The lowest BCUT2D eigenvalue weighted by atomic mass is 10.2. The first-order chi connectivity index (χ1) is 11.6. The van der Waals surface area contributed by atoms with Crippen LogP contribution in [0.25, 0.3) is 11.5 Å². The molecule has 0 aromatic carbocycles. The molecule has 0 saturated carbocycles. The fraction of sp³-hybridized carbons (Fsp3) is 0.571. The van der Waals surface area contributed by atoms with Gasteiger partial charge in [0.2, 0.25) is 5.91 Å². The van der Waals surface area contributed by atoms with Crippen molar-refractivity contribution in [2.75, 3.05) is 12.4 Å². The summed E-state index contributed by atoms with van der Waals surface area (Å²) in [4.78, 5) is 11.4. The molecular weight excluding hydrogens is 330 g/mol. The highest BCUT2D eigenvalue weighted by Gasteiger charge is 2.23. The van der Waals surface area contributed by atoms with Crippen LogP contribution in [0.5, 0.6) is 0 Å². The van der Waals surface area contributed by atoms with Crippen LogP contribution in [0.1, 0.15) is 18.5 Å². The van der Waals surface area contributed by atoms with Crippen LogP contribution >= 0.6 is 11.8 Å². The molecule has 1 aliphatic rings. The average Bonchev–Trinajstić information content (AvgIpc) is 3.28. The third kappa shape index (κ3) is 3.60. The van der Waals surface area contributed by atoms with Crippen molar-refractivity contribution in [2.24, 2.45) is 12.9 Å². The molecule has 3 rings (SSSR count). The number of carbonyl (C=O) groups excluding carboxylic acids is 1. The molecule has 1 saturated heterocycles. The second-order valence-electron chi connectivity index (χ2n) is 5.70. The van der Waals surface area contributed by atoms with Gasteiger partial charge in [0.05, 0.1) is 18.4 Å². The molecule has 3 N–H and O–H groups in total. The van der Waals surface area contributed by atoms with E-state index in [9.17, 15) is 4.79 Å².